The van der Waals surface area contributed by atoms with E-state index in [9.17, 15) is 9.59 Å². The predicted molar refractivity (Wildman–Crippen MR) is 96.5 cm³/mol. The summed E-state index contributed by atoms with van der Waals surface area (Å²) >= 11 is 0. The molecule has 5 heteroatoms. The topological polar surface area (TPSA) is 52.7 Å². The molecule has 4 aliphatic rings. The van der Waals surface area contributed by atoms with Gasteiger partial charge in [0.15, 0.2) is 0 Å². The third kappa shape index (κ3) is 3.26. The molecule has 0 spiro atoms. The second-order valence-electron chi connectivity index (χ2n) is 7.91. The lowest BCUT2D eigenvalue weighted by Gasteiger charge is -2.48. The van der Waals surface area contributed by atoms with Crippen molar-refractivity contribution in [1.29, 1.82) is 0 Å². The van der Waals surface area contributed by atoms with Crippen molar-refractivity contribution in [1.82, 2.24) is 15.1 Å². The van der Waals surface area contributed by atoms with Gasteiger partial charge in [0, 0.05) is 37.6 Å². The lowest BCUT2D eigenvalue weighted by molar-refractivity contribution is -0.139. The summed E-state index contributed by atoms with van der Waals surface area (Å²) in [6, 6.07) is 0.546. The van der Waals surface area contributed by atoms with Crippen molar-refractivity contribution in [3.8, 4) is 0 Å². The molecule has 0 bridgehead atoms. The Morgan fingerprint density at radius 1 is 1.36 bits per heavy atom. The molecule has 135 valence electrons. The first-order valence-electron chi connectivity index (χ1n) is 9.59. The van der Waals surface area contributed by atoms with Crippen LogP contribution in [0.5, 0.6) is 0 Å². The number of nitrogens with zero attached hydrogens (tertiary/aromatic N) is 2. The zero-order valence-corrected chi connectivity index (χ0v) is 15.0. The van der Waals surface area contributed by atoms with Gasteiger partial charge in [-0.15, -0.1) is 0 Å². The molecular formula is C20H28N3O2. The van der Waals surface area contributed by atoms with E-state index in [0.29, 0.717) is 18.4 Å². The highest BCUT2D eigenvalue weighted by molar-refractivity contribution is 5.87. The van der Waals surface area contributed by atoms with Gasteiger partial charge in [0.25, 0.3) is 0 Å². The van der Waals surface area contributed by atoms with Crippen LogP contribution in [0.4, 0.5) is 0 Å². The van der Waals surface area contributed by atoms with Crippen molar-refractivity contribution < 1.29 is 9.59 Å². The van der Waals surface area contributed by atoms with Crippen LogP contribution in [0.25, 0.3) is 0 Å². The Morgan fingerprint density at radius 2 is 2.12 bits per heavy atom. The quantitative estimate of drug-likeness (QED) is 0.623. The Morgan fingerprint density at radius 3 is 2.76 bits per heavy atom. The molecular weight excluding hydrogens is 314 g/mol. The van der Waals surface area contributed by atoms with E-state index in [1.165, 1.54) is 11.6 Å². The van der Waals surface area contributed by atoms with Crippen LogP contribution >= 0.6 is 0 Å². The monoisotopic (exact) mass is 342 g/mol. The summed E-state index contributed by atoms with van der Waals surface area (Å²) in [7, 11) is 0. The molecule has 2 amide bonds. The summed E-state index contributed by atoms with van der Waals surface area (Å²) in [6.45, 7) is 7.97. The number of hydrogen-bond donors (Lipinski definition) is 1. The molecule has 4 unspecified atom stereocenters. The Balaban J connectivity index is 1.62. The molecule has 5 nitrogen and oxygen atoms in total. The Hall–Kier alpha value is -1.62. The van der Waals surface area contributed by atoms with Gasteiger partial charge in [-0.2, -0.15) is 0 Å². The molecule has 4 rings (SSSR count). The first-order chi connectivity index (χ1) is 12.1. The molecule has 4 atom stereocenters. The third-order valence-electron chi connectivity index (χ3n) is 5.96. The van der Waals surface area contributed by atoms with E-state index in [1.807, 2.05) is 4.90 Å². The van der Waals surface area contributed by atoms with Crippen LogP contribution in [0.15, 0.2) is 24.3 Å². The van der Waals surface area contributed by atoms with Gasteiger partial charge in [-0.25, -0.2) is 0 Å². The Bertz CT molecular complexity index is 606. The van der Waals surface area contributed by atoms with Crippen LogP contribution in [0.2, 0.25) is 0 Å². The predicted octanol–water partition coefficient (Wildman–Crippen LogP) is 1.52. The second kappa shape index (κ2) is 6.60. The highest BCUT2D eigenvalue weighted by Crippen LogP contribution is 2.41. The van der Waals surface area contributed by atoms with Crippen LogP contribution in [-0.2, 0) is 9.59 Å². The maximum absolute atomic E-state index is 13.0. The Kier molecular flexibility index (Phi) is 4.44. The number of nitrogens with one attached hydrogen (secondary N) is 1. The molecule has 25 heavy (non-hydrogen) atoms. The molecule has 3 fully saturated rings. The number of amides is 2. The summed E-state index contributed by atoms with van der Waals surface area (Å²) in [5.74, 6) is 1.06. The first-order valence-corrected chi connectivity index (χ1v) is 9.59. The lowest BCUT2D eigenvalue weighted by Crippen LogP contribution is -2.66. The van der Waals surface area contributed by atoms with E-state index in [2.05, 4.69) is 36.2 Å². The van der Waals surface area contributed by atoms with E-state index < -0.39 is 0 Å². The average Bonchev–Trinajstić information content (AvgIpc) is 3.51. The van der Waals surface area contributed by atoms with E-state index in [-0.39, 0.29) is 30.0 Å². The van der Waals surface area contributed by atoms with Crippen LogP contribution in [0, 0.1) is 18.3 Å². The summed E-state index contributed by atoms with van der Waals surface area (Å²) in [5.41, 5.74) is 1.22. The fourth-order valence-corrected chi connectivity index (χ4v) is 4.33. The molecule has 2 aliphatic heterocycles. The number of rotatable bonds is 4. The van der Waals surface area contributed by atoms with Crippen LogP contribution < -0.4 is 5.32 Å². The molecule has 0 aromatic carbocycles. The maximum atomic E-state index is 13.0. The summed E-state index contributed by atoms with van der Waals surface area (Å²) in [5, 5.41) is 3.69. The molecule has 0 aromatic rings. The van der Waals surface area contributed by atoms with Gasteiger partial charge >= 0.3 is 0 Å². The second-order valence-corrected chi connectivity index (χ2v) is 7.91. The normalized spacial score (nSPS) is 33.0. The van der Waals surface area contributed by atoms with Gasteiger partial charge in [-0.3, -0.25) is 9.59 Å². The van der Waals surface area contributed by atoms with E-state index >= 15 is 0 Å². The van der Waals surface area contributed by atoms with Crippen LogP contribution in [0.1, 0.15) is 32.6 Å². The third-order valence-corrected chi connectivity index (χ3v) is 5.96. The van der Waals surface area contributed by atoms with Crippen molar-refractivity contribution in [3.05, 3.63) is 30.7 Å². The number of piperazine rings is 1. The molecule has 2 heterocycles. The van der Waals surface area contributed by atoms with Gasteiger partial charge in [0.05, 0.1) is 6.04 Å². The minimum Gasteiger partial charge on any atom is -0.335 e. The molecule has 0 aromatic heterocycles. The molecule has 2 saturated carbocycles. The lowest BCUT2D eigenvalue weighted by atomic mass is 9.87. The van der Waals surface area contributed by atoms with Crippen molar-refractivity contribution in [3.63, 3.8) is 0 Å². The number of carbonyl (C=O) groups is 2. The first kappa shape index (κ1) is 16.8. The van der Waals surface area contributed by atoms with Crippen LogP contribution in [-0.4, -0.2) is 59.4 Å². The van der Waals surface area contributed by atoms with Crippen molar-refractivity contribution >= 4 is 11.8 Å². The van der Waals surface area contributed by atoms with Crippen molar-refractivity contribution in [2.24, 2.45) is 11.8 Å². The maximum Gasteiger partial charge on any atom is 0.246 e. The zero-order chi connectivity index (χ0) is 17.6. The highest BCUT2D eigenvalue weighted by atomic mass is 16.2. The average molecular weight is 342 g/mol. The smallest absolute Gasteiger partial charge is 0.246 e. The number of carbonyl (C=O) groups excluding carboxylic acids is 2. The molecule has 1 N–H and O–H groups in total. The molecule has 1 radical (unpaired) electrons. The van der Waals surface area contributed by atoms with Gasteiger partial charge in [-0.1, -0.05) is 12.7 Å². The summed E-state index contributed by atoms with van der Waals surface area (Å²) < 4.78 is 0. The van der Waals surface area contributed by atoms with Gasteiger partial charge in [-0.05, 0) is 56.6 Å². The molecule has 1 saturated heterocycles. The Labute approximate surface area is 150 Å². The molecule has 2 aliphatic carbocycles. The SMILES string of the molecule is C=CC(=O)N1CCC=C(C2C(C3[CH]C3)NCC(C)N2C(=O)C2CC2)C1. The van der Waals surface area contributed by atoms with E-state index in [0.717, 1.165) is 38.8 Å². The highest BCUT2D eigenvalue weighted by Gasteiger charge is 2.49. The van der Waals surface area contributed by atoms with Crippen LogP contribution in [0.3, 0.4) is 0 Å². The minimum absolute atomic E-state index is 0.0166. The zero-order valence-electron chi connectivity index (χ0n) is 15.0. The summed E-state index contributed by atoms with van der Waals surface area (Å²) in [6.07, 6.45) is 10.0. The fourth-order valence-electron chi connectivity index (χ4n) is 4.33. The van der Waals surface area contributed by atoms with Crippen molar-refractivity contribution in [2.45, 2.75) is 50.7 Å². The largest absolute Gasteiger partial charge is 0.335 e. The fraction of sp³-hybridized carbons (Fsp3) is 0.650. The number of hydrogen-bond acceptors (Lipinski definition) is 3. The van der Waals surface area contributed by atoms with Gasteiger partial charge in [0.2, 0.25) is 11.8 Å². The van der Waals surface area contributed by atoms with Crippen molar-refractivity contribution in [2.75, 3.05) is 19.6 Å². The van der Waals surface area contributed by atoms with Gasteiger partial charge < -0.3 is 15.1 Å². The van der Waals surface area contributed by atoms with E-state index in [1.54, 1.807) is 0 Å². The van der Waals surface area contributed by atoms with Gasteiger partial charge in [0.1, 0.15) is 0 Å². The summed E-state index contributed by atoms with van der Waals surface area (Å²) in [4.78, 5) is 29.2. The van der Waals surface area contributed by atoms with E-state index in [4.69, 9.17) is 0 Å². The standard InChI is InChI=1S/C20H28N3O2/c1-3-17(24)22-10-4-5-16(12-22)19-18(14-6-7-14)21-11-13(2)23(19)20(25)15-8-9-15/h3,5-6,13-15,18-19,21H,1,4,7-12H2,2H3. The minimum atomic E-state index is -0.0166.